The van der Waals surface area contributed by atoms with Crippen molar-refractivity contribution < 1.29 is 14.0 Å². The van der Waals surface area contributed by atoms with Gasteiger partial charge in [0.15, 0.2) is 0 Å². The van der Waals surface area contributed by atoms with Crippen LogP contribution in [0.3, 0.4) is 0 Å². The summed E-state index contributed by atoms with van der Waals surface area (Å²) in [4.78, 5) is 29.0. The lowest BCUT2D eigenvalue weighted by Gasteiger charge is -2.39. The molecule has 0 aliphatic carbocycles. The van der Waals surface area contributed by atoms with Crippen LogP contribution in [0.5, 0.6) is 0 Å². The molecule has 4 rings (SSSR count). The first-order valence-electron chi connectivity index (χ1n) is 9.15. The van der Waals surface area contributed by atoms with Crippen LogP contribution in [0.2, 0.25) is 0 Å². The predicted molar refractivity (Wildman–Crippen MR) is 99.8 cm³/mol. The number of amides is 2. The minimum absolute atomic E-state index is 0. The van der Waals surface area contributed by atoms with E-state index in [0.717, 1.165) is 39.0 Å². The maximum atomic E-state index is 13.1. The van der Waals surface area contributed by atoms with E-state index in [9.17, 15) is 14.0 Å². The quantitative estimate of drug-likeness (QED) is 0.799. The summed E-state index contributed by atoms with van der Waals surface area (Å²) in [7, 11) is 0. The van der Waals surface area contributed by atoms with Gasteiger partial charge in [-0.05, 0) is 61.9 Å². The third-order valence-corrected chi connectivity index (χ3v) is 6.11. The number of piperidine rings is 1. The Kier molecular flexibility index (Phi) is 5.53. The predicted octanol–water partition coefficient (Wildman–Crippen LogP) is 2.20. The summed E-state index contributed by atoms with van der Waals surface area (Å²) in [6.07, 6.45) is 3.77. The molecule has 1 unspecified atom stereocenters. The Morgan fingerprint density at radius 1 is 1.12 bits per heavy atom. The molecule has 142 valence electrons. The smallest absolute Gasteiger partial charge is 0.239 e. The molecule has 5 nitrogen and oxygen atoms in total. The fourth-order valence-electron chi connectivity index (χ4n) is 4.43. The fourth-order valence-corrected chi connectivity index (χ4v) is 4.43. The SMILES string of the molecule is Cl.O=C(C1CCN(c2ccc(F)cc2)C1=O)N1CCC2(CCNC2)CC1. The largest absolute Gasteiger partial charge is 0.342 e. The van der Waals surface area contributed by atoms with Gasteiger partial charge in [-0.1, -0.05) is 0 Å². The molecule has 1 aromatic carbocycles. The van der Waals surface area contributed by atoms with E-state index in [-0.39, 0.29) is 30.0 Å². The van der Waals surface area contributed by atoms with Gasteiger partial charge in [0.25, 0.3) is 0 Å². The summed E-state index contributed by atoms with van der Waals surface area (Å²) >= 11 is 0. The normalized spacial score (nSPS) is 24.8. The molecule has 1 aromatic rings. The molecule has 0 aromatic heterocycles. The first-order valence-corrected chi connectivity index (χ1v) is 9.15. The molecule has 26 heavy (non-hydrogen) atoms. The van der Waals surface area contributed by atoms with Crippen LogP contribution in [0.15, 0.2) is 24.3 Å². The van der Waals surface area contributed by atoms with Crippen LogP contribution < -0.4 is 10.2 Å². The van der Waals surface area contributed by atoms with Crippen molar-refractivity contribution in [1.29, 1.82) is 0 Å². The third-order valence-electron chi connectivity index (χ3n) is 6.11. The van der Waals surface area contributed by atoms with E-state index in [1.165, 1.54) is 18.6 Å². The number of halogens is 2. The van der Waals surface area contributed by atoms with Gasteiger partial charge in [0.2, 0.25) is 11.8 Å². The average molecular weight is 382 g/mol. The van der Waals surface area contributed by atoms with Gasteiger partial charge in [-0.2, -0.15) is 0 Å². The molecule has 7 heteroatoms. The first-order chi connectivity index (χ1) is 12.1. The van der Waals surface area contributed by atoms with Crippen LogP contribution >= 0.6 is 12.4 Å². The maximum absolute atomic E-state index is 13.1. The van der Waals surface area contributed by atoms with Crippen molar-refractivity contribution in [3.8, 4) is 0 Å². The Labute approximate surface area is 159 Å². The van der Waals surface area contributed by atoms with Gasteiger partial charge in [0.05, 0.1) is 0 Å². The Balaban J connectivity index is 0.00000196. The molecule has 1 atom stereocenters. The van der Waals surface area contributed by atoms with Crippen LogP contribution in [0, 0.1) is 17.2 Å². The van der Waals surface area contributed by atoms with Gasteiger partial charge in [-0.3, -0.25) is 9.59 Å². The highest BCUT2D eigenvalue weighted by atomic mass is 35.5. The number of benzene rings is 1. The molecule has 3 saturated heterocycles. The molecule has 3 heterocycles. The number of anilines is 1. The zero-order valence-corrected chi connectivity index (χ0v) is 15.6. The number of nitrogens with one attached hydrogen (secondary N) is 1. The van der Waals surface area contributed by atoms with E-state index in [0.29, 0.717) is 24.1 Å². The Hall–Kier alpha value is -1.66. The number of carbonyl (C=O) groups is 2. The van der Waals surface area contributed by atoms with Gasteiger partial charge >= 0.3 is 0 Å². The van der Waals surface area contributed by atoms with Gasteiger partial charge in [-0.15, -0.1) is 12.4 Å². The highest BCUT2D eigenvalue weighted by Crippen LogP contribution is 2.37. The molecule has 2 amide bonds. The van der Waals surface area contributed by atoms with Crippen molar-refractivity contribution >= 4 is 29.9 Å². The lowest BCUT2D eigenvalue weighted by molar-refractivity contribution is -0.141. The number of rotatable bonds is 2. The molecule has 0 radical (unpaired) electrons. The van der Waals surface area contributed by atoms with E-state index in [1.54, 1.807) is 17.0 Å². The average Bonchev–Trinajstić information content (AvgIpc) is 3.23. The molecule has 0 saturated carbocycles. The summed E-state index contributed by atoms with van der Waals surface area (Å²) in [6, 6.07) is 5.88. The summed E-state index contributed by atoms with van der Waals surface area (Å²) < 4.78 is 13.1. The zero-order valence-electron chi connectivity index (χ0n) is 14.7. The van der Waals surface area contributed by atoms with E-state index >= 15 is 0 Å². The molecular weight excluding hydrogens is 357 g/mol. The summed E-state index contributed by atoms with van der Waals surface area (Å²) in [6.45, 7) is 4.14. The van der Waals surface area contributed by atoms with Gasteiger partial charge in [-0.25, -0.2) is 4.39 Å². The number of hydrogen-bond donors (Lipinski definition) is 1. The highest BCUT2D eigenvalue weighted by Gasteiger charge is 2.43. The minimum Gasteiger partial charge on any atom is -0.342 e. The van der Waals surface area contributed by atoms with E-state index in [4.69, 9.17) is 0 Å². The van der Waals surface area contributed by atoms with Crippen LogP contribution in [0.4, 0.5) is 10.1 Å². The van der Waals surface area contributed by atoms with Gasteiger partial charge in [0.1, 0.15) is 11.7 Å². The zero-order chi connectivity index (χ0) is 17.4. The second-order valence-electron chi connectivity index (χ2n) is 7.56. The van der Waals surface area contributed by atoms with Crippen molar-refractivity contribution in [1.82, 2.24) is 10.2 Å². The third kappa shape index (κ3) is 3.45. The van der Waals surface area contributed by atoms with Crippen molar-refractivity contribution in [3.63, 3.8) is 0 Å². The second kappa shape index (κ2) is 7.53. The maximum Gasteiger partial charge on any atom is 0.239 e. The molecule has 3 aliphatic rings. The second-order valence-corrected chi connectivity index (χ2v) is 7.56. The van der Waals surface area contributed by atoms with Crippen molar-refractivity contribution in [2.75, 3.05) is 37.6 Å². The molecule has 1 N–H and O–H groups in total. The molecule has 3 aliphatic heterocycles. The lowest BCUT2D eigenvalue weighted by Crippen LogP contribution is -2.47. The van der Waals surface area contributed by atoms with E-state index in [1.807, 2.05) is 4.90 Å². The Morgan fingerprint density at radius 2 is 1.81 bits per heavy atom. The Morgan fingerprint density at radius 3 is 2.42 bits per heavy atom. The number of nitrogens with zero attached hydrogens (tertiary/aromatic N) is 2. The minimum atomic E-state index is -0.583. The van der Waals surface area contributed by atoms with E-state index in [2.05, 4.69) is 5.32 Å². The standard InChI is InChI=1S/C19H24FN3O2.ClH/c20-14-1-3-15(4-2-14)23-10-5-16(18(23)25)17(24)22-11-7-19(8-12-22)6-9-21-13-19;/h1-4,16,21H,5-13H2;1H. The fraction of sp³-hybridized carbons (Fsp3) is 0.579. The number of carbonyl (C=O) groups excluding carboxylic acids is 2. The van der Waals surface area contributed by atoms with Crippen LogP contribution in [-0.2, 0) is 9.59 Å². The number of likely N-dealkylation sites (tertiary alicyclic amines) is 1. The lowest BCUT2D eigenvalue weighted by atomic mass is 9.77. The van der Waals surface area contributed by atoms with E-state index < -0.39 is 5.92 Å². The summed E-state index contributed by atoms with van der Waals surface area (Å²) in [5.41, 5.74) is 1.02. The molecule has 0 bridgehead atoms. The van der Waals surface area contributed by atoms with Crippen molar-refractivity contribution in [2.24, 2.45) is 11.3 Å². The van der Waals surface area contributed by atoms with Gasteiger partial charge < -0.3 is 15.1 Å². The van der Waals surface area contributed by atoms with Crippen LogP contribution in [0.1, 0.15) is 25.7 Å². The number of hydrogen-bond acceptors (Lipinski definition) is 3. The Bertz CT molecular complexity index is 666. The topological polar surface area (TPSA) is 52.7 Å². The highest BCUT2D eigenvalue weighted by molar-refractivity contribution is 6.09. The molecule has 3 fully saturated rings. The van der Waals surface area contributed by atoms with Crippen molar-refractivity contribution in [2.45, 2.75) is 25.7 Å². The monoisotopic (exact) mass is 381 g/mol. The molecule has 1 spiro atoms. The summed E-state index contributed by atoms with van der Waals surface area (Å²) in [5.74, 6) is -1.10. The first kappa shape index (κ1) is 19.1. The molecular formula is C19H25ClFN3O2. The van der Waals surface area contributed by atoms with Crippen molar-refractivity contribution in [3.05, 3.63) is 30.1 Å². The van der Waals surface area contributed by atoms with Crippen LogP contribution in [-0.4, -0.2) is 49.4 Å². The van der Waals surface area contributed by atoms with Crippen LogP contribution in [0.25, 0.3) is 0 Å². The van der Waals surface area contributed by atoms with Gasteiger partial charge in [0, 0.05) is 31.9 Å². The summed E-state index contributed by atoms with van der Waals surface area (Å²) in [5, 5.41) is 3.43.